The van der Waals surface area contributed by atoms with Crippen LogP contribution in [0.2, 0.25) is 0 Å². The van der Waals surface area contributed by atoms with Gasteiger partial charge in [0, 0.05) is 12.1 Å². The van der Waals surface area contributed by atoms with Crippen LogP contribution in [0.3, 0.4) is 0 Å². The van der Waals surface area contributed by atoms with Crippen LogP contribution in [0, 0.1) is 0 Å². The van der Waals surface area contributed by atoms with Gasteiger partial charge in [0.2, 0.25) is 5.91 Å². The van der Waals surface area contributed by atoms with Crippen molar-refractivity contribution in [2.24, 2.45) is 0 Å². The van der Waals surface area contributed by atoms with Gasteiger partial charge in [0.1, 0.15) is 5.75 Å². The number of thioether (sulfide) groups is 1. The summed E-state index contributed by atoms with van der Waals surface area (Å²) in [6.07, 6.45) is 0. The second-order valence-electron chi connectivity index (χ2n) is 5.70. The Labute approximate surface area is 163 Å². The molecule has 6 nitrogen and oxygen atoms in total. The van der Waals surface area contributed by atoms with E-state index in [-0.39, 0.29) is 17.1 Å². The highest BCUT2D eigenvalue weighted by atomic mass is 32.2. The third kappa shape index (κ3) is 4.66. The molecule has 0 unspecified atom stereocenters. The van der Waals surface area contributed by atoms with Crippen LogP contribution >= 0.6 is 11.8 Å². The van der Waals surface area contributed by atoms with E-state index in [1.165, 1.54) is 36.0 Å². The number of rotatable bonds is 7. The molecule has 3 aromatic rings. The lowest BCUT2D eigenvalue weighted by atomic mass is 10.2. The first-order valence-electron chi connectivity index (χ1n) is 8.45. The molecular weight excluding hydrogens is 388 g/mol. The van der Waals surface area contributed by atoms with E-state index in [2.05, 4.69) is 15.0 Å². The van der Waals surface area contributed by atoms with Crippen LogP contribution in [0.15, 0.2) is 53.7 Å². The summed E-state index contributed by atoms with van der Waals surface area (Å²) in [5.74, 6) is -1.13. The monoisotopic (exact) mass is 405 g/mol. The first-order valence-corrected chi connectivity index (χ1v) is 9.43. The summed E-state index contributed by atoms with van der Waals surface area (Å²) >= 11 is 1.24. The number of fused-ring (bicyclic) bond motifs is 1. The third-order valence-electron chi connectivity index (χ3n) is 3.86. The van der Waals surface area contributed by atoms with Crippen molar-refractivity contribution in [1.29, 1.82) is 0 Å². The highest BCUT2D eigenvalue weighted by Gasteiger charge is 2.15. The Balaban J connectivity index is 1.59. The van der Waals surface area contributed by atoms with Gasteiger partial charge in [-0.25, -0.2) is 4.98 Å². The van der Waals surface area contributed by atoms with Crippen LogP contribution in [0.5, 0.6) is 5.75 Å². The van der Waals surface area contributed by atoms with Gasteiger partial charge in [0.05, 0.1) is 16.8 Å². The summed E-state index contributed by atoms with van der Waals surface area (Å²) in [5, 5.41) is 2.97. The average molecular weight is 405 g/mol. The van der Waals surface area contributed by atoms with Crippen molar-refractivity contribution in [2.75, 3.05) is 5.75 Å². The molecule has 0 aliphatic rings. The minimum absolute atomic E-state index is 0.0155. The number of nitrogens with zero attached hydrogens (tertiary/aromatic N) is 2. The second-order valence-corrected chi connectivity index (χ2v) is 6.64. The Morgan fingerprint density at radius 1 is 1.18 bits per heavy atom. The quantitative estimate of drug-likeness (QED) is 0.607. The Hall–Kier alpha value is -2.94. The molecule has 0 atom stereocenters. The number of hydrogen-bond acceptors (Lipinski definition) is 5. The molecular formula is C19H17F2N3O3S. The molecule has 1 N–H and O–H groups in total. The summed E-state index contributed by atoms with van der Waals surface area (Å²) in [5.41, 5.74) is 1.99. The number of benzene rings is 2. The Morgan fingerprint density at radius 2 is 1.89 bits per heavy atom. The minimum atomic E-state index is -2.94. The molecule has 0 bridgehead atoms. The van der Waals surface area contributed by atoms with Crippen molar-refractivity contribution in [2.45, 2.75) is 25.2 Å². The lowest BCUT2D eigenvalue weighted by molar-refractivity contribution is -0.117. The van der Waals surface area contributed by atoms with E-state index in [0.29, 0.717) is 11.7 Å². The second kappa shape index (κ2) is 8.83. The van der Waals surface area contributed by atoms with Gasteiger partial charge in [-0.1, -0.05) is 23.9 Å². The minimum Gasteiger partial charge on any atom is -0.435 e. The van der Waals surface area contributed by atoms with E-state index in [4.69, 9.17) is 0 Å². The number of imide groups is 1. The Morgan fingerprint density at radius 3 is 2.57 bits per heavy atom. The molecule has 146 valence electrons. The van der Waals surface area contributed by atoms with Crippen molar-refractivity contribution in [3.63, 3.8) is 0 Å². The largest absolute Gasteiger partial charge is 0.435 e. The Kier molecular flexibility index (Phi) is 6.25. The number of amides is 2. The number of para-hydroxylation sites is 2. The maximum Gasteiger partial charge on any atom is 0.387 e. The zero-order valence-corrected chi connectivity index (χ0v) is 15.7. The van der Waals surface area contributed by atoms with E-state index in [1.807, 2.05) is 35.8 Å². The standard InChI is InChI=1S/C19H17F2N3O3S/c1-2-24-15-6-4-3-5-14(15)22-19(24)28-11-16(25)23-17(26)12-7-9-13(10-8-12)27-18(20)21/h3-10,18H,2,11H2,1H3,(H,23,25,26). The fourth-order valence-electron chi connectivity index (χ4n) is 2.62. The molecule has 9 heteroatoms. The van der Waals surface area contributed by atoms with Crippen LogP contribution in [0.4, 0.5) is 8.78 Å². The average Bonchev–Trinajstić information content (AvgIpc) is 3.04. The SMILES string of the molecule is CCn1c(SCC(=O)NC(=O)c2ccc(OC(F)F)cc2)nc2ccccc21. The highest BCUT2D eigenvalue weighted by molar-refractivity contribution is 7.99. The molecule has 0 aliphatic heterocycles. The molecule has 1 aromatic heterocycles. The number of hydrogen-bond donors (Lipinski definition) is 1. The number of ether oxygens (including phenoxy) is 1. The van der Waals surface area contributed by atoms with Gasteiger partial charge in [0.25, 0.3) is 5.91 Å². The lowest BCUT2D eigenvalue weighted by Crippen LogP contribution is -2.31. The normalized spacial score (nSPS) is 11.0. The third-order valence-corrected chi connectivity index (χ3v) is 4.84. The number of nitrogens with one attached hydrogen (secondary N) is 1. The zero-order valence-electron chi connectivity index (χ0n) is 14.9. The molecule has 3 rings (SSSR count). The van der Waals surface area contributed by atoms with Crippen molar-refractivity contribution in [3.8, 4) is 5.75 Å². The summed E-state index contributed by atoms with van der Waals surface area (Å²) in [7, 11) is 0. The Bertz CT molecular complexity index is 990. The molecule has 0 saturated heterocycles. The lowest BCUT2D eigenvalue weighted by Gasteiger charge is -2.07. The van der Waals surface area contributed by atoms with Gasteiger partial charge in [0.15, 0.2) is 5.16 Å². The molecule has 2 amide bonds. The molecule has 28 heavy (non-hydrogen) atoms. The smallest absolute Gasteiger partial charge is 0.387 e. The highest BCUT2D eigenvalue weighted by Crippen LogP contribution is 2.23. The number of carbonyl (C=O) groups is 2. The van der Waals surface area contributed by atoms with Crippen molar-refractivity contribution < 1.29 is 23.1 Å². The maximum absolute atomic E-state index is 12.1. The zero-order chi connectivity index (χ0) is 20.1. The van der Waals surface area contributed by atoms with Crippen molar-refractivity contribution in [3.05, 3.63) is 54.1 Å². The number of aryl methyl sites for hydroxylation is 1. The summed E-state index contributed by atoms with van der Waals surface area (Å²) in [4.78, 5) is 28.7. The van der Waals surface area contributed by atoms with Gasteiger partial charge < -0.3 is 9.30 Å². The van der Waals surface area contributed by atoms with E-state index in [1.54, 1.807) is 0 Å². The van der Waals surface area contributed by atoms with E-state index < -0.39 is 18.4 Å². The summed E-state index contributed by atoms with van der Waals surface area (Å²) in [6, 6.07) is 12.8. The van der Waals surface area contributed by atoms with Crippen LogP contribution in [-0.4, -0.2) is 33.7 Å². The first-order chi connectivity index (χ1) is 13.5. The number of aromatic nitrogens is 2. The molecule has 1 heterocycles. The van der Waals surface area contributed by atoms with Crippen LogP contribution in [0.1, 0.15) is 17.3 Å². The maximum atomic E-state index is 12.1. The van der Waals surface area contributed by atoms with Gasteiger partial charge in [-0.15, -0.1) is 0 Å². The van der Waals surface area contributed by atoms with Crippen LogP contribution in [-0.2, 0) is 11.3 Å². The fraction of sp³-hybridized carbons (Fsp3) is 0.211. The predicted molar refractivity (Wildman–Crippen MR) is 102 cm³/mol. The van der Waals surface area contributed by atoms with Gasteiger partial charge in [-0.3, -0.25) is 14.9 Å². The molecule has 0 aliphatic carbocycles. The van der Waals surface area contributed by atoms with E-state index in [0.717, 1.165) is 11.0 Å². The number of alkyl halides is 2. The van der Waals surface area contributed by atoms with Gasteiger partial charge in [-0.05, 0) is 43.3 Å². The van der Waals surface area contributed by atoms with E-state index in [9.17, 15) is 18.4 Å². The number of imidazole rings is 1. The van der Waals surface area contributed by atoms with E-state index >= 15 is 0 Å². The van der Waals surface area contributed by atoms with Crippen molar-refractivity contribution >= 4 is 34.6 Å². The fourth-order valence-corrected chi connectivity index (χ4v) is 3.50. The first kappa shape index (κ1) is 19.8. The number of halogens is 2. The molecule has 0 radical (unpaired) electrons. The topological polar surface area (TPSA) is 73.2 Å². The number of carbonyl (C=O) groups excluding carboxylic acids is 2. The van der Waals surface area contributed by atoms with Gasteiger partial charge >= 0.3 is 6.61 Å². The molecule has 0 spiro atoms. The van der Waals surface area contributed by atoms with Crippen molar-refractivity contribution in [1.82, 2.24) is 14.9 Å². The summed E-state index contributed by atoms with van der Waals surface area (Å²) in [6.45, 7) is -0.245. The van der Waals surface area contributed by atoms with Gasteiger partial charge in [-0.2, -0.15) is 8.78 Å². The van der Waals surface area contributed by atoms with Crippen LogP contribution < -0.4 is 10.1 Å². The molecule has 2 aromatic carbocycles. The molecule has 0 saturated carbocycles. The van der Waals surface area contributed by atoms with Crippen LogP contribution in [0.25, 0.3) is 11.0 Å². The predicted octanol–water partition coefficient (Wildman–Crippen LogP) is 3.71. The molecule has 0 fully saturated rings. The summed E-state index contributed by atoms with van der Waals surface area (Å²) < 4.78 is 30.5.